The van der Waals surface area contributed by atoms with E-state index >= 15 is 0 Å². The second kappa shape index (κ2) is 6.39. The highest BCUT2D eigenvalue weighted by Gasteiger charge is 2.39. The molecule has 1 amide bonds. The molecule has 1 rings (SSSR count). The number of nitrogens with two attached hydrogens (primary N) is 1. The van der Waals surface area contributed by atoms with Gasteiger partial charge in [-0.2, -0.15) is 0 Å². The highest BCUT2D eigenvalue weighted by Crippen LogP contribution is 2.27. The standard InChI is InChI=1S/C12H19N3O2S/c1-3-12(4-2,10(13)15-17)11(16)14-8-9-6-5-7-18-9/h5-7,17H,3-4,8H2,1-2H3,(H2,13,15)(H,14,16). The average Bonchev–Trinajstić information content (AvgIpc) is 2.91. The van der Waals surface area contributed by atoms with Crippen LogP contribution in [0.5, 0.6) is 0 Å². The van der Waals surface area contributed by atoms with Crippen molar-refractivity contribution in [1.29, 1.82) is 0 Å². The normalized spacial score (nSPS) is 12.4. The summed E-state index contributed by atoms with van der Waals surface area (Å²) in [6, 6.07) is 3.89. The van der Waals surface area contributed by atoms with E-state index in [1.54, 1.807) is 11.3 Å². The molecule has 0 aromatic carbocycles. The van der Waals surface area contributed by atoms with Crippen molar-refractivity contribution in [2.75, 3.05) is 0 Å². The smallest absolute Gasteiger partial charge is 0.234 e. The molecule has 0 aliphatic carbocycles. The molecule has 0 aliphatic rings. The number of amidine groups is 1. The first-order valence-corrected chi connectivity index (χ1v) is 6.77. The van der Waals surface area contributed by atoms with Crippen molar-refractivity contribution in [3.8, 4) is 0 Å². The van der Waals surface area contributed by atoms with Crippen LogP contribution >= 0.6 is 11.3 Å². The molecule has 0 saturated heterocycles. The maximum absolute atomic E-state index is 12.2. The molecule has 0 saturated carbocycles. The summed E-state index contributed by atoms with van der Waals surface area (Å²) in [5, 5.41) is 16.6. The van der Waals surface area contributed by atoms with Gasteiger partial charge in [-0.15, -0.1) is 11.3 Å². The van der Waals surface area contributed by atoms with Crippen LogP contribution in [-0.2, 0) is 11.3 Å². The van der Waals surface area contributed by atoms with Crippen molar-refractivity contribution < 1.29 is 10.0 Å². The van der Waals surface area contributed by atoms with Gasteiger partial charge in [-0.3, -0.25) is 4.79 Å². The van der Waals surface area contributed by atoms with E-state index in [2.05, 4.69) is 10.5 Å². The Hall–Kier alpha value is -1.56. The van der Waals surface area contributed by atoms with Gasteiger partial charge in [-0.05, 0) is 24.3 Å². The van der Waals surface area contributed by atoms with E-state index < -0.39 is 5.41 Å². The molecule has 1 heterocycles. The van der Waals surface area contributed by atoms with E-state index in [9.17, 15) is 4.79 Å². The van der Waals surface area contributed by atoms with Gasteiger partial charge in [-0.1, -0.05) is 25.1 Å². The number of carbonyl (C=O) groups excluding carboxylic acids is 1. The Labute approximate surface area is 111 Å². The third-order valence-electron chi connectivity index (χ3n) is 3.24. The Morgan fingerprint density at radius 1 is 1.56 bits per heavy atom. The van der Waals surface area contributed by atoms with Gasteiger partial charge in [0.15, 0.2) is 5.84 Å². The Kier molecular flexibility index (Phi) is 5.15. The Morgan fingerprint density at radius 2 is 2.22 bits per heavy atom. The lowest BCUT2D eigenvalue weighted by molar-refractivity contribution is -0.128. The molecule has 0 unspecified atom stereocenters. The molecule has 0 bridgehead atoms. The molecule has 1 aromatic heterocycles. The lowest BCUT2D eigenvalue weighted by Gasteiger charge is -2.28. The van der Waals surface area contributed by atoms with Crippen molar-refractivity contribution in [2.45, 2.75) is 33.2 Å². The summed E-state index contributed by atoms with van der Waals surface area (Å²) in [6.45, 7) is 4.18. The van der Waals surface area contributed by atoms with Crippen molar-refractivity contribution in [1.82, 2.24) is 5.32 Å². The second-order valence-corrected chi connectivity index (χ2v) is 5.07. The van der Waals surface area contributed by atoms with Crippen molar-refractivity contribution in [3.05, 3.63) is 22.4 Å². The van der Waals surface area contributed by atoms with Crippen LogP contribution in [-0.4, -0.2) is 17.0 Å². The molecule has 100 valence electrons. The summed E-state index contributed by atoms with van der Waals surface area (Å²) >= 11 is 1.58. The van der Waals surface area contributed by atoms with Gasteiger partial charge in [0, 0.05) is 4.88 Å². The van der Waals surface area contributed by atoms with E-state index in [4.69, 9.17) is 10.9 Å². The van der Waals surface area contributed by atoms with Crippen molar-refractivity contribution in [3.63, 3.8) is 0 Å². The van der Waals surface area contributed by atoms with Gasteiger partial charge in [-0.25, -0.2) is 0 Å². The summed E-state index contributed by atoms with van der Waals surface area (Å²) in [7, 11) is 0. The van der Waals surface area contributed by atoms with Crippen LogP contribution in [0.3, 0.4) is 0 Å². The Morgan fingerprint density at radius 3 is 2.67 bits per heavy atom. The Bertz CT molecular complexity index is 411. The molecule has 0 radical (unpaired) electrons. The van der Waals surface area contributed by atoms with E-state index in [0.717, 1.165) is 4.88 Å². The predicted molar refractivity (Wildman–Crippen MR) is 72.6 cm³/mol. The number of hydrogen-bond donors (Lipinski definition) is 3. The van der Waals surface area contributed by atoms with Crippen LogP contribution in [0.25, 0.3) is 0 Å². The van der Waals surface area contributed by atoms with Gasteiger partial charge in [0.25, 0.3) is 0 Å². The number of rotatable bonds is 6. The second-order valence-electron chi connectivity index (χ2n) is 4.04. The minimum atomic E-state index is -0.925. The largest absolute Gasteiger partial charge is 0.409 e. The zero-order valence-electron chi connectivity index (χ0n) is 10.6. The minimum absolute atomic E-state index is 0.0313. The predicted octanol–water partition coefficient (Wildman–Crippen LogP) is 1.92. The van der Waals surface area contributed by atoms with Gasteiger partial charge < -0.3 is 16.3 Å². The Balaban J connectivity index is 2.77. The average molecular weight is 269 g/mol. The minimum Gasteiger partial charge on any atom is -0.409 e. The first kappa shape index (κ1) is 14.5. The third-order valence-corrected chi connectivity index (χ3v) is 4.12. The molecule has 1 aromatic rings. The van der Waals surface area contributed by atoms with E-state index in [1.165, 1.54) is 0 Å². The quantitative estimate of drug-likeness (QED) is 0.319. The molecule has 6 heteroatoms. The van der Waals surface area contributed by atoms with Crippen molar-refractivity contribution >= 4 is 23.1 Å². The van der Waals surface area contributed by atoms with E-state index in [0.29, 0.717) is 19.4 Å². The fourth-order valence-electron chi connectivity index (χ4n) is 1.90. The molecule has 5 nitrogen and oxygen atoms in total. The number of thiophene rings is 1. The first-order valence-electron chi connectivity index (χ1n) is 5.89. The highest BCUT2D eigenvalue weighted by atomic mass is 32.1. The monoisotopic (exact) mass is 269 g/mol. The number of oxime groups is 1. The molecule has 0 atom stereocenters. The number of amides is 1. The van der Waals surface area contributed by atoms with Crippen molar-refractivity contribution in [2.24, 2.45) is 16.3 Å². The number of hydrogen-bond acceptors (Lipinski definition) is 4. The fourth-order valence-corrected chi connectivity index (χ4v) is 2.54. The SMILES string of the molecule is CCC(CC)(C(=O)NCc1cccs1)C(N)=NO. The molecule has 18 heavy (non-hydrogen) atoms. The van der Waals surface area contributed by atoms with Gasteiger partial charge in [0.1, 0.15) is 5.41 Å². The molecular weight excluding hydrogens is 250 g/mol. The summed E-state index contributed by atoms with van der Waals surface area (Å²) in [5.74, 6) is -0.229. The summed E-state index contributed by atoms with van der Waals surface area (Å²) in [4.78, 5) is 13.3. The first-order chi connectivity index (χ1) is 8.60. The lowest BCUT2D eigenvalue weighted by atomic mass is 9.80. The molecule has 0 aliphatic heterocycles. The van der Waals surface area contributed by atoms with Gasteiger partial charge in [0.2, 0.25) is 5.91 Å². The van der Waals surface area contributed by atoms with Crippen LogP contribution in [0.2, 0.25) is 0 Å². The summed E-state index contributed by atoms with van der Waals surface area (Å²) < 4.78 is 0. The van der Waals surface area contributed by atoms with Crippen LogP contribution in [0.15, 0.2) is 22.7 Å². The van der Waals surface area contributed by atoms with E-state index in [-0.39, 0.29) is 11.7 Å². The van der Waals surface area contributed by atoms with Crippen LogP contribution in [0.1, 0.15) is 31.6 Å². The zero-order chi connectivity index (χ0) is 13.6. The maximum atomic E-state index is 12.2. The van der Waals surface area contributed by atoms with E-state index in [1.807, 2.05) is 31.4 Å². The molecule has 4 N–H and O–H groups in total. The third kappa shape index (κ3) is 2.81. The lowest BCUT2D eigenvalue weighted by Crippen LogP contribution is -2.49. The molecule has 0 spiro atoms. The zero-order valence-corrected chi connectivity index (χ0v) is 11.5. The molecule has 0 fully saturated rings. The topological polar surface area (TPSA) is 87.7 Å². The highest BCUT2D eigenvalue weighted by molar-refractivity contribution is 7.09. The summed E-state index contributed by atoms with van der Waals surface area (Å²) in [6.07, 6.45) is 0.991. The van der Waals surface area contributed by atoms with Crippen LogP contribution in [0.4, 0.5) is 0 Å². The number of carbonyl (C=O) groups is 1. The van der Waals surface area contributed by atoms with Crippen LogP contribution < -0.4 is 11.1 Å². The summed E-state index contributed by atoms with van der Waals surface area (Å²) in [5.41, 5.74) is 4.74. The number of nitrogens with one attached hydrogen (secondary N) is 1. The number of nitrogens with zero attached hydrogens (tertiary/aromatic N) is 1. The van der Waals surface area contributed by atoms with Gasteiger partial charge in [0.05, 0.1) is 6.54 Å². The van der Waals surface area contributed by atoms with Gasteiger partial charge >= 0.3 is 0 Å². The van der Waals surface area contributed by atoms with Crippen LogP contribution in [0, 0.1) is 5.41 Å². The molecular formula is C12H19N3O2S. The maximum Gasteiger partial charge on any atom is 0.234 e. The fraction of sp³-hybridized carbons (Fsp3) is 0.500.